The number of amides is 1. The Morgan fingerprint density at radius 1 is 1.41 bits per heavy atom. The highest BCUT2D eigenvalue weighted by Gasteiger charge is 2.09. The molecular weight excluding hydrogens is 256 g/mol. The summed E-state index contributed by atoms with van der Waals surface area (Å²) < 4.78 is 1.18. The van der Waals surface area contributed by atoms with Crippen LogP contribution in [-0.2, 0) is 11.3 Å². The Balaban J connectivity index is 2.09. The van der Waals surface area contributed by atoms with Gasteiger partial charge in [-0.1, -0.05) is 29.8 Å². The third kappa shape index (κ3) is 2.77. The minimum absolute atomic E-state index is 0.0257. The van der Waals surface area contributed by atoms with Crippen LogP contribution in [0.15, 0.2) is 24.3 Å². The fraction of sp³-hybridized carbons (Fsp3) is 0.250. The second-order valence-corrected chi connectivity index (χ2v) is 5.13. The van der Waals surface area contributed by atoms with Crippen LogP contribution in [0.5, 0.6) is 0 Å². The molecule has 0 fully saturated rings. The number of hydrogen-bond donors (Lipinski definition) is 2. The van der Waals surface area contributed by atoms with Crippen molar-refractivity contribution in [3.05, 3.63) is 34.2 Å². The predicted octanol–water partition coefficient (Wildman–Crippen LogP) is 2.39. The lowest BCUT2D eigenvalue weighted by Gasteiger charge is -2.02. The molecule has 0 atom stereocenters. The second-order valence-electron chi connectivity index (χ2n) is 3.61. The molecule has 0 aliphatic rings. The number of benzene rings is 1. The molecule has 0 aliphatic heterocycles. The van der Waals surface area contributed by atoms with Gasteiger partial charge in [0.1, 0.15) is 0 Å². The summed E-state index contributed by atoms with van der Waals surface area (Å²) in [5, 5.41) is 7.50. The Labute approximate surface area is 109 Å². The summed E-state index contributed by atoms with van der Waals surface area (Å²) in [6, 6.07) is 8.03. The Kier molecular flexibility index (Phi) is 3.99. The molecule has 0 unspecified atom stereocenters. The first-order valence-corrected chi connectivity index (χ1v) is 6.49. The number of carbonyl (C=O) groups excluding carboxylic acids is 1. The molecule has 5 heteroatoms. The number of rotatable bonds is 4. The lowest BCUT2D eigenvalue weighted by molar-refractivity contribution is -0.119. The Hall–Kier alpha value is -1.10. The van der Waals surface area contributed by atoms with Crippen molar-refractivity contribution in [1.29, 1.82) is 0 Å². The summed E-state index contributed by atoms with van der Waals surface area (Å²) in [6.07, 6.45) is 0. The van der Waals surface area contributed by atoms with Gasteiger partial charge in [0.25, 0.3) is 0 Å². The minimum Gasteiger partial charge on any atom is -0.358 e. The molecule has 0 saturated heterocycles. The van der Waals surface area contributed by atoms with Crippen LogP contribution in [0.1, 0.15) is 4.88 Å². The van der Waals surface area contributed by atoms with Gasteiger partial charge < -0.3 is 10.6 Å². The SMILES string of the molecule is CNC(=O)CNCc1sc2ccccc2c1Cl. The zero-order valence-electron chi connectivity index (χ0n) is 9.42. The molecule has 0 aliphatic carbocycles. The number of halogens is 1. The zero-order valence-corrected chi connectivity index (χ0v) is 11.0. The van der Waals surface area contributed by atoms with Gasteiger partial charge in [0, 0.05) is 28.6 Å². The number of carbonyl (C=O) groups is 1. The van der Waals surface area contributed by atoms with Crippen LogP contribution in [0, 0.1) is 0 Å². The van der Waals surface area contributed by atoms with Gasteiger partial charge in [-0.25, -0.2) is 0 Å². The maximum absolute atomic E-state index is 11.1. The third-order valence-corrected chi connectivity index (χ3v) is 4.17. The molecule has 1 heterocycles. The quantitative estimate of drug-likeness (QED) is 0.894. The lowest BCUT2D eigenvalue weighted by atomic mass is 10.2. The van der Waals surface area contributed by atoms with Crippen LogP contribution in [0.2, 0.25) is 5.02 Å². The van der Waals surface area contributed by atoms with Crippen LogP contribution in [0.25, 0.3) is 10.1 Å². The van der Waals surface area contributed by atoms with Gasteiger partial charge in [0.2, 0.25) is 5.91 Å². The van der Waals surface area contributed by atoms with E-state index >= 15 is 0 Å². The van der Waals surface area contributed by atoms with E-state index in [1.807, 2.05) is 24.3 Å². The third-order valence-electron chi connectivity index (χ3n) is 2.45. The molecule has 1 aromatic heterocycles. The number of hydrogen-bond acceptors (Lipinski definition) is 3. The smallest absolute Gasteiger partial charge is 0.233 e. The monoisotopic (exact) mass is 268 g/mol. The van der Waals surface area contributed by atoms with Gasteiger partial charge in [0.15, 0.2) is 0 Å². The average molecular weight is 269 g/mol. The van der Waals surface area contributed by atoms with Crippen molar-refractivity contribution >= 4 is 38.9 Å². The van der Waals surface area contributed by atoms with E-state index in [0.717, 1.165) is 15.3 Å². The summed E-state index contributed by atoms with van der Waals surface area (Å²) in [5.41, 5.74) is 0. The fourth-order valence-corrected chi connectivity index (χ4v) is 3.03. The molecular formula is C12H13ClN2OS. The maximum Gasteiger partial charge on any atom is 0.233 e. The van der Waals surface area contributed by atoms with Gasteiger partial charge in [-0.3, -0.25) is 4.79 Å². The summed E-state index contributed by atoms with van der Waals surface area (Å²) in [4.78, 5) is 12.1. The molecule has 2 aromatic rings. The van der Waals surface area contributed by atoms with E-state index in [1.165, 1.54) is 4.70 Å². The highest BCUT2D eigenvalue weighted by molar-refractivity contribution is 7.19. The van der Waals surface area contributed by atoms with Crippen molar-refractivity contribution in [3.63, 3.8) is 0 Å². The topological polar surface area (TPSA) is 41.1 Å². The number of fused-ring (bicyclic) bond motifs is 1. The van der Waals surface area contributed by atoms with Crippen LogP contribution >= 0.6 is 22.9 Å². The van der Waals surface area contributed by atoms with Crippen molar-refractivity contribution in [1.82, 2.24) is 10.6 Å². The van der Waals surface area contributed by atoms with E-state index in [9.17, 15) is 4.79 Å². The van der Waals surface area contributed by atoms with Crippen molar-refractivity contribution in [2.45, 2.75) is 6.54 Å². The first kappa shape index (κ1) is 12.4. The van der Waals surface area contributed by atoms with Crippen LogP contribution < -0.4 is 10.6 Å². The summed E-state index contributed by atoms with van der Waals surface area (Å²) in [7, 11) is 1.62. The van der Waals surface area contributed by atoms with Gasteiger partial charge >= 0.3 is 0 Å². The van der Waals surface area contributed by atoms with Crippen LogP contribution in [0.4, 0.5) is 0 Å². The van der Waals surface area contributed by atoms with E-state index in [2.05, 4.69) is 10.6 Å². The molecule has 0 bridgehead atoms. The van der Waals surface area contributed by atoms with Gasteiger partial charge in [0.05, 0.1) is 11.6 Å². The zero-order chi connectivity index (χ0) is 12.3. The molecule has 17 heavy (non-hydrogen) atoms. The average Bonchev–Trinajstić information content (AvgIpc) is 2.67. The first-order valence-electron chi connectivity index (χ1n) is 5.29. The second kappa shape index (κ2) is 5.49. The lowest BCUT2D eigenvalue weighted by Crippen LogP contribution is -2.30. The molecule has 2 rings (SSSR count). The van der Waals surface area contributed by atoms with Gasteiger partial charge in [-0.15, -0.1) is 11.3 Å². The minimum atomic E-state index is -0.0257. The molecule has 1 aromatic carbocycles. The summed E-state index contributed by atoms with van der Waals surface area (Å²) in [6.45, 7) is 0.923. The normalized spacial score (nSPS) is 10.7. The number of nitrogens with one attached hydrogen (secondary N) is 2. The highest BCUT2D eigenvalue weighted by Crippen LogP contribution is 2.34. The first-order chi connectivity index (χ1) is 8.22. The van der Waals surface area contributed by atoms with Crippen LogP contribution in [0.3, 0.4) is 0 Å². The largest absolute Gasteiger partial charge is 0.358 e. The fourth-order valence-electron chi connectivity index (χ4n) is 1.56. The Morgan fingerprint density at radius 2 is 2.18 bits per heavy atom. The van der Waals surface area contributed by atoms with Crippen LogP contribution in [-0.4, -0.2) is 19.5 Å². The van der Waals surface area contributed by atoms with Gasteiger partial charge in [-0.05, 0) is 6.07 Å². The molecule has 0 radical (unpaired) electrons. The van der Waals surface area contributed by atoms with E-state index < -0.39 is 0 Å². The van der Waals surface area contributed by atoms with Crippen molar-refractivity contribution in [2.75, 3.05) is 13.6 Å². The molecule has 0 saturated carbocycles. The summed E-state index contributed by atoms with van der Waals surface area (Å²) >= 11 is 7.93. The summed E-state index contributed by atoms with van der Waals surface area (Å²) in [5.74, 6) is -0.0257. The van der Waals surface area contributed by atoms with E-state index in [1.54, 1.807) is 18.4 Å². The van der Waals surface area contributed by atoms with E-state index in [-0.39, 0.29) is 5.91 Å². The standard InChI is InChI=1S/C12H13ClN2OS/c1-14-11(16)7-15-6-10-12(13)8-4-2-3-5-9(8)17-10/h2-5,15H,6-7H2,1H3,(H,14,16). The predicted molar refractivity (Wildman–Crippen MR) is 72.6 cm³/mol. The van der Waals surface area contributed by atoms with E-state index in [0.29, 0.717) is 13.1 Å². The number of likely N-dealkylation sites (N-methyl/N-ethyl adjacent to an activating group) is 1. The molecule has 1 amide bonds. The van der Waals surface area contributed by atoms with Crippen molar-refractivity contribution in [3.8, 4) is 0 Å². The Morgan fingerprint density at radius 3 is 2.88 bits per heavy atom. The van der Waals surface area contributed by atoms with Crippen molar-refractivity contribution in [2.24, 2.45) is 0 Å². The highest BCUT2D eigenvalue weighted by atomic mass is 35.5. The molecule has 3 nitrogen and oxygen atoms in total. The van der Waals surface area contributed by atoms with E-state index in [4.69, 9.17) is 11.6 Å². The molecule has 0 spiro atoms. The molecule has 90 valence electrons. The maximum atomic E-state index is 11.1. The Bertz CT molecular complexity index is 538. The van der Waals surface area contributed by atoms with Gasteiger partial charge in [-0.2, -0.15) is 0 Å². The molecule has 2 N–H and O–H groups in total. The van der Waals surface area contributed by atoms with Crippen molar-refractivity contribution < 1.29 is 4.79 Å². The number of thiophene rings is 1.